The molecule has 3 aromatic rings. The topological polar surface area (TPSA) is 103 Å². The monoisotopic (exact) mass is 535 g/mol. The molecule has 2 aromatic heterocycles. The second-order valence-corrected chi connectivity index (χ2v) is 9.79. The van der Waals surface area contributed by atoms with Gasteiger partial charge in [-0.3, -0.25) is 9.59 Å². The van der Waals surface area contributed by atoms with Crippen LogP contribution in [0.3, 0.4) is 0 Å². The Balaban J connectivity index is 1.27. The summed E-state index contributed by atoms with van der Waals surface area (Å²) >= 11 is 0. The number of rotatable bonds is 9. The van der Waals surface area contributed by atoms with Gasteiger partial charge in [-0.05, 0) is 44.2 Å². The number of carbonyl (C=O) groups excluding carboxylic acids is 2. The number of hydrogen-bond acceptors (Lipinski definition) is 6. The second-order valence-electron chi connectivity index (χ2n) is 9.79. The number of nitrogens with zero attached hydrogens (tertiary/aromatic N) is 4. The first-order valence-corrected chi connectivity index (χ1v) is 12.6. The molecule has 0 aliphatic heterocycles. The molecule has 1 aliphatic rings. The van der Waals surface area contributed by atoms with Crippen LogP contribution in [0.4, 0.5) is 17.6 Å². The van der Waals surface area contributed by atoms with Crippen molar-refractivity contribution in [2.75, 3.05) is 6.54 Å². The number of para-hydroxylation sites is 1. The molecule has 1 fully saturated rings. The molecule has 1 N–H and O–H groups in total. The molecule has 0 spiro atoms. The normalized spacial score (nSPS) is 18.1. The highest BCUT2D eigenvalue weighted by molar-refractivity contribution is 5.95. The molecule has 8 nitrogen and oxygen atoms in total. The maximum Gasteiger partial charge on any atom is 0.435 e. The average Bonchev–Trinajstić information content (AvgIpc) is 3.55. The first-order valence-electron chi connectivity index (χ1n) is 12.6. The Morgan fingerprint density at radius 1 is 1.13 bits per heavy atom. The Bertz CT molecular complexity index is 1280. The van der Waals surface area contributed by atoms with E-state index < -0.39 is 29.2 Å². The molecule has 1 amide bonds. The smallest absolute Gasteiger partial charge is 0.425 e. The van der Waals surface area contributed by atoms with Gasteiger partial charge in [-0.2, -0.15) is 18.3 Å². The lowest BCUT2D eigenvalue weighted by Gasteiger charge is -2.25. The third kappa shape index (κ3) is 6.28. The number of carbonyl (C=O) groups is 2. The minimum absolute atomic E-state index is 0.0159. The fourth-order valence-electron chi connectivity index (χ4n) is 4.58. The Morgan fingerprint density at radius 3 is 2.47 bits per heavy atom. The lowest BCUT2D eigenvalue weighted by molar-refractivity contribution is -0.141. The van der Waals surface area contributed by atoms with E-state index >= 15 is 0 Å². The summed E-state index contributed by atoms with van der Waals surface area (Å²) in [4.78, 5) is 25.2. The molecule has 0 bridgehead atoms. The minimum Gasteiger partial charge on any atom is -0.425 e. The molecule has 1 aromatic carbocycles. The van der Waals surface area contributed by atoms with Gasteiger partial charge in [-0.1, -0.05) is 26.0 Å². The summed E-state index contributed by atoms with van der Waals surface area (Å²) in [5, 5.41) is 14.0. The molecule has 0 unspecified atom stereocenters. The molecule has 1 aliphatic carbocycles. The van der Waals surface area contributed by atoms with Crippen molar-refractivity contribution in [3.63, 3.8) is 0 Å². The predicted octanol–water partition coefficient (Wildman–Crippen LogP) is 5.59. The Labute approximate surface area is 216 Å². The minimum atomic E-state index is -4.91. The number of Topliss-reactive ketones (excluding diaryl/α,β-unsaturated/α-hetero) is 1. The van der Waals surface area contributed by atoms with Gasteiger partial charge in [0.2, 0.25) is 11.8 Å². The molecule has 4 rings (SSSR count). The van der Waals surface area contributed by atoms with Gasteiger partial charge in [0.1, 0.15) is 17.3 Å². The maximum absolute atomic E-state index is 14.0. The van der Waals surface area contributed by atoms with Crippen LogP contribution in [0.25, 0.3) is 5.69 Å². The fourth-order valence-corrected chi connectivity index (χ4v) is 4.58. The maximum atomic E-state index is 14.0. The van der Waals surface area contributed by atoms with Crippen molar-refractivity contribution in [1.29, 1.82) is 0 Å². The number of ketones is 1. The number of halogens is 4. The van der Waals surface area contributed by atoms with Crippen LogP contribution in [-0.4, -0.2) is 38.2 Å². The number of alkyl halides is 3. The molecule has 0 saturated heterocycles. The van der Waals surface area contributed by atoms with Crippen molar-refractivity contribution < 1.29 is 31.6 Å². The number of nitrogens with one attached hydrogen (secondary N) is 1. The van der Waals surface area contributed by atoms with Gasteiger partial charge < -0.3 is 9.73 Å². The zero-order valence-corrected chi connectivity index (χ0v) is 21.1. The van der Waals surface area contributed by atoms with Crippen LogP contribution < -0.4 is 5.32 Å². The zero-order valence-electron chi connectivity index (χ0n) is 21.1. The van der Waals surface area contributed by atoms with Crippen molar-refractivity contribution in [3.05, 3.63) is 59.3 Å². The van der Waals surface area contributed by atoms with Gasteiger partial charge >= 0.3 is 6.18 Å². The van der Waals surface area contributed by atoms with Crippen LogP contribution in [0.15, 0.2) is 34.9 Å². The van der Waals surface area contributed by atoms with Gasteiger partial charge in [0.05, 0.1) is 5.56 Å². The van der Waals surface area contributed by atoms with E-state index in [1.165, 1.54) is 18.2 Å². The number of aromatic nitrogens is 4. The van der Waals surface area contributed by atoms with Crippen molar-refractivity contribution in [3.8, 4) is 5.69 Å². The van der Waals surface area contributed by atoms with Crippen molar-refractivity contribution in [2.45, 2.75) is 70.4 Å². The number of hydrogen-bond donors (Lipinski definition) is 1. The third-order valence-electron chi connectivity index (χ3n) is 6.69. The summed E-state index contributed by atoms with van der Waals surface area (Å²) in [6.45, 7) is 3.97. The highest BCUT2D eigenvalue weighted by Crippen LogP contribution is 2.36. The van der Waals surface area contributed by atoms with E-state index in [1.54, 1.807) is 0 Å². The number of benzene rings is 1. The predicted molar refractivity (Wildman–Crippen MR) is 128 cm³/mol. The van der Waals surface area contributed by atoms with E-state index in [0.29, 0.717) is 29.3 Å². The average molecular weight is 536 g/mol. The third-order valence-corrected chi connectivity index (χ3v) is 6.69. The van der Waals surface area contributed by atoms with Crippen LogP contribution >= 0.6 is 0 Å². The molecular formula is C26H29F4N5O3. The Hall–Kier alpha value is -3.57. The summed E-state index contributed by atoms with van der Waals surface area (Å²) in [6.07, 6.45) is -0.650. The van der Waals surface area contributed by atoms with Crippen LogP contribution in [0.5, 0.6) is 0 Å². The molecule has 38 heavy (non-hydrogen) atoms. The summed E-state index contributed by atoms with van der Waals surface area (Å²) in [5.74, 6) is -0.321. The van der Waals surface area contributed by atoms with E-state index in [2.05, 4.69) is 20.6 Å². The zero-order chi connectivity index (χ0) is 27.4. The lowest BCUT2D eigenvalue weighted by atomic mass is 9.79. The second kappa shape index (κ2) is 11.4. The summed E-state index contributed by atoms with van der Waals surface area (Å²) < 4.78 is 61.0. The molecule has 1 saturated carbocycles. The SMILES string of the molecule is CC(C)c1nnc(C2CCC(C(=O)CCCNC(=O)c3cn(-c4ccccc4F)nc3C(F)(F)F)CC2)o1. The molecular weight excluding hydrogens is 506 g/mol. The molecule has 0 atom stereocenters. The van der Waals surface area contributed by atoms with Crippen molar-refractivity contribution in [1.82, 2.24) is 25.3 Å². The van der Waals surface area contributed by atoms with Crippen molar-refractivity contribution in [2.24, 2.45) is 5.92 Å². The highest BCUT2D eigenvalue weighted by Gasteiger charge is 2.39. The van der Waals surface area contributed by atoms with Crippen LogP contribution in [0.2, 0.25) is 0 Å². The summed E-state index contributed by atoms with van der Waals surface area (Å²) in [5.41, 5.74) is -2.34. The lowest BCUT2D eigenvalue weighted by Crippen LogP contribution is -2.27. The molecule has 0 radical (unpaired) electrons. The van der Waals surface area contributed by atoms with Gasteiger partial charge in [-0.15, -0.1) is 10.2 Å². The Kier molecular flexibility index (Phi) is 8.27. The van der Waals surface area contributed by atoms with Crippen LogP contribution in [0.1, 0.15) is 92.0 Å². The van der Waals surface area contributed by atoms with E-state index in [0.717, 1.165) is 25.1 Å². The van der Waals surface area contributed by atoms with E-state index in [9.17, 15) is 27.2 Å². The van der Waals surface area contributed by atoms with Gasteiger partial charge in [0.25, 0.3) is 5.91 Å². The van der Waals surface area contributed by atoms with Crippen LogP contribution in [0, 0.1) is 11.7 Å². The summed E-state index contributed by atoms with van der Waals surface area (Å²) in [7, 11) is 0. The standard InChI is InChI=1S/C26H29F4N5O3/c1-15(2)24-32-33-25(38-24)17-11-9-16(10-12-17)21(36)8-5-13-31-23(37)18-14-35(34-22(18)26(28,29)30)20-7-4-3-6-19(20)27/h3-4,6-7,14-17H,5,8-13H2,1-2H3,(H,31,37). The summed E-state index contributed by atoms with van der Waals surface area (Å²) in [6, 6.07) is 5.18. The van der Waals surface area contributed by atoms with Crippen molar-refractivity contribution >= 4 is 11.7 Å². The molecule has 204 valence electrons. The van der Waals surface area contributed by atoms with Gasteiger partial charge in [0.15, 0.2) is 5.69 Å². The molecule has 2 heterocycles. The molecule has 12 heteroatoms. The highest BCUT2D eigenvalue weighted by atomic mass is 19.4. The van der Waals surface area contributed by atoms with E-state index in [-0.39, 0.29) is 48.6 Å². The largest absolute Gasteiger partial charge is 0.435 e. The van der Waals surface area contributed by atoms with E-state index in [1.807, 2.05) is 13.8 Å². The first kappa shape index (κ1) is 27.5. The first-order chi connectivity index (χ1) is 18.0. The van der Waals surface area contributed by atoms with Crippen LogP contribution in [-0.2, 0) is 11.0 Å². The fraction of sp³-hybridized carbons (Fsp3) is 0.500. The van der Waals surface area contributed by atoms with Gasteiger partial charge in [-0.25, -0.2) is 9.07 Å². The Morgan fingerprint density at radius 2 is 1.84 bits per heavy atom. The van der Waals surface area contributed by atoms with Gasteiger partial charge in [0, 0.05) is 36.9 Å². The van der Waals surface area contributed by atoms with E-state index in [4.69, 9.17) is 4.42 Å². The quantitative estimate of drug-likeness (QED) is 0.283. The number of amides is 1.